The zero-order valence-electron chi connectivity index (χ0n) is 8.20. The summed E-state index contributed by atoms with van der Waals surface area (Å²) in [4.78, 5) is 19.7. The average Bonchev–Trinajstić information content (AvgIpc) is 2.24. The predicted octanol–water partition coefficient (Wildman–Crippen LogP) is 1.40. The van der Waals surface area contributed by atoms with Crippen LogP contribution >= 0.6 is 0 Å². The number of benzene rings is 1. The minimum atomic E-state index is -1.08. The molecule has 84 valence electrons. The Morgan fingerprint density at radius 3 is 2.94 bits per heavy atom. The van der Waals surface area contributed by atoms with Gasteiger partial charge in [-0.2, -0.15) is 0 Å². The molecule has 6 heteroatoms. The van der Waals surface area contributed by atoms with E-state index in [1.54, 1.807) is 18.2 Å². The Balaban J connectivity index is 2.71. The summed E-state index contributed by atoms with van der Waals surface area (Å²) in [7, 11) is 0. The van der Waals surface area contributed by atoms with Crippen molar-refractivity contribution in [3.63, 3.8) is 0 Å². The average molecular weight is 223 g/mol. The summed E-state index contributed by atoms with van der Waals surface area (Å²) in [5.41, 5.74) is 0.569. The number of nitro groups is 1. The molecular formula is C10H9NO5. The molecule has 1 aromatic carbocycles. The van der Waals surface area contributed by atoms with Crippen LogP contribution in [0, 0.1) is 10.1 Å². The smallest absolute Gasteiger partial charge is 0.341 e. The van der Waals surface area contributed by atoms with E-state index in [9.17, 15) is 14.9 Å². The Hall–Kier alpha value is -2.37. The molecule has 1 aromatic rings. The van der Waals surface area contributed by atoms with Crippen LogP contribution in [0.2, 0.25) is 0 Å². The van der Waals surface area contributed by atoms with E-state index in [4.69, 9.17) is 9.84 Å². The van der Waals surface area contributed by atoms with E-state index in [1.807, 2.05) is 0 Å². The van der Waals surface area contributed by atoms with Gasteiger partial charge in [0.05, 0.1) is 4.92 Å². The summed E-state index contributed by atoms with van der Waals surface area (Å²) < 4.78 is 4.91. The third-order valence-electron chi connectivity index (χ3n) is 1.61. The molecule has 0 saturated carbocycles. The number of aliphatic carboxylic acids is 1. The second-order valence-electron chi connectivity index (χ2n) is 2.86. The number of hydrogen-bond donors (Lipinski definition) is 1. The highest BCUT2D eigenvalue weighted by molar-refractivity contribution is 5.68. The molecule has 6 nitrogen and oxygen atoms in total. The molecule has 1 rings (SSSR count). The quantitative estimate of drug-likeness (QED) is 0.601. The van der Waals surface area contributed by atoms with Crippen molar-refractivity contribution in [3.8, 4) is 5.75 Å². The van der Waals surface area contributed by atoms with Gasteiger partial charge < -0.3 is 9.84 Å². The first-order chi connectivity index (χ1) is 7.58. The lowest BCUT2D eigenvalue weighted by molar-refractivity contribution is -0.400. The van der Waals surface area contributed by atoms with Crippen LogP contribution < -0.4 is 4.74 Å². The number of carbonyl (C=O) groups is 1. The van der Waals surface area contributed by atoms with Gasteiger partial charge in [0, 0.05) is 6.08 Å². The van der Waals surface area contributed by atoms with Crippen molar-refractivity contribution in [1.29, 1.82) is 0 Å². The van der Waals surface area contributed by atoms with Gasteiger partial charge in [-0.25, -0.2) is 4.79 Å². The lowest BCUT2D eigenvalue weighted by atomic mass is 10.2. The van der Waals surface area contributed by atoms with Crippen LogP contribution in [0.1, 0.15) is 5.56 Å². The first-order valence-electron chi connectivity index (χ1n) is 4.34. The molecule has 0 heterocycles. The van der Waals surface area contributed by atoms with Gasteiger partial charge in [-0.1, -0.05) is 12.1 Å². The number of ether oxygens (including phenoxy) is 1. The molecule has 0 unspecified atom stereocenters. The minimum Gasteiger partial charge on any atom is -0.482 e. The van der Waals surface area contributed by atoms with Crippen molar-refractivity contribution in [2.45, 2.75) is 0 Å². The number of carboxylic acid groups (broad SMARTS) is 1. The van der Waals surface area contributed by atoms with Gasteiger partial charge in [-0.3, -0.25) is 10.1 Å². The summed E-state index contributed by atoms with van der Waals surface area (Å²) in [5.74, 6) is -0.723. The lowest BCUT2D eigenvalue weighted by Gasteiger charge is -2.02. The Morgan fingerprint density at radius 2 is 2.31 bits per heavy atom. The molecule has 1 N–H and O–H groups in total. The van der Waals surface area contributed by atoms with Crippen molar-refractivity contribution in [2.75, 3.05) is 6.61 Å². The fourth-order valence-corrected chi connectivity index (χ4v) is 1.000. The number of rotatable bonds is 5. The third kappa shape index (κ3) is 4.23. The first-order valence-corrected chi connectivity index (χ1v) is 4.34. The van der Waals surface area contributed by atoms with Crippen molar-refractivity contribution in [2.24, 2.45) is 0 Å². The zero-order valence-corrected chi connectivity index (χ0v) is 8.20. The molecule has 16 heavy (non-hydrogen) atoms. The van der Waals surface area contributed by atoms with Gasteiger partial charge in [0.2, 0.25) is 6.20 Å². The fraction of sp³-hybridized carbons (Fsp3) is 0.100. The van der Waals surface area contributed by atoms with Crippen LogP contribution in [-0.2, 0) is 4.79 Å². The van der Waals surface area contributed by atoms with Gasteiger partial charge in [-0.15, -0.1) is 0 Å². The second-order valence-corrected chi connectivity index (χ2v) is 2.86. The van der Waals surface area contributed by atoms with Crippen molar-refractivity contribution < 1.29 is 19.6 Å². The largest absolute Gasteiger partial charge is 0.482 e. The minimum absolute atomic E-state index is 0.355. The summed E-state index contributed by atoms with van der Waals surface area (Å²) in [6.45, 7) is -0.442. The van der Waals surface area contributed by atoms with Crippen molar-refractivity contribution in [1.82, 2.24) is 0 Å². The Labute approximate surface area is 90.9 Å². The Kier molecular flexibility index (Phi) is 4.02. The van der Waals surface area contributed by atoms with Crippen LogP contribution in [0.3, 0.4) is 0 Å². The van der Waals surface area contributed by atoms with Crippen molar-refractivity contribution >= 4 is 12.0 Å². The summed E-state index contributed by atoms with van der Waals surface area (Å²) in [6, 6.07) is 6.36. The molecule has 0 bridgehead atoms. The van der Waals surface area contributed by atoms with Crippen LogP contribution in [0.15, 0.2) is 30.5 Å². The zero-order chi connectivity index (χ0) is 12.0. The molecule has 0 aliphatic carbocycles. The van der Waals surface area contributed by atoms with E-state index < -0.39 is 17.5 Å². The lowest BCUT2D eigenvalue weighted by Crippen LogP contribution is -2.09. The van der Waals surface area contributed by atoms with Gasteiger partial charge in [-0.05, 0) is 17.7 Å². The second kappa shape index (κ2) is 5.50. The topological polar surface area (TPSA) is 89.7 Å². The van der Waals surface area contributed by atoms with Crippen LogP contribution in [0.25, 0.3) is 6.08 Å². The summed E-state index contributed by atoms with van der Waals surface area (Å²) >= 11 is 0. The molecule has 0 atom stereocenters. The van der Waals surface area contributed by atoms with E-state index in [0.717, 1.165) is 6.20 Å². The van der Waals surface area contributed by atoms with Gasteiger partial charge in [0.25, 0.3) is 0 Å². The van der Waals surface area contributed by atoms with E-state index in [1.165, 1.54) is 12.1 Å². The SMILES string of the molecule is O=C(O)COc1cccc(/C=C/[N+](=O)[O-])c1. The number of carboxylic acids is 1. The maximum absolute atomic E-state index is 10.2. The van der Waals surface area contributed by atoms with Crippen LogP contribution in [-0.4, -0.2) is 22.6 Å². The highest BCUT2D eigenvalue weighted by Crippen LogP contribution is 2.14. The Bertz CT molecular complexity index is 427. The molecule has 0 radical (unpaired) electrons. The molecule has 0 saturated heterocycles. The fourth-order valence-electron chi connectivity index (χ4n) is 1.000. The summed E-state index contributed by atoms with van der Waals surface area (Å²) in [6.07, 6.45) is 2.10. The maximum Gasteiger partial charge on any atom is 0.341 e. The third-order valence-corrected chi connectivity index (χ3v) is 1.61. The molecular weight excluding hydrogens is 214 g/mol. The molecule has 0 aliphatic heterocycles. The van der Waals surface area contributed by atoms with Gasteiger partial charge in [0.1, 0.15) is 5.75 Å². The van der Waals surface area contributed by atoms with E-state index >= 15 is 0 Å². The van der Waals surface area contributed by atoms with E-state index in [-0.39, 0.29) is 0 Å². The molecule has 0 aliphatic rings. The van der Waals surface area contributed by atoms with E-state index in [2.05, 4.69) is 0 Å². The molecule has 0 fully saturated rings. The summed E-state index contributed by atoms with van der Waals surface area (Å²) in [5, 5.41) is 18.5. The monoisotopic (exact) mass is 223 g/mol. The number of nitrogens with zero attached hydrogens (tertiary/aromatic N) is 1. The van der Waals surface area contributed by atoms with Gasteiger partial charge in [0.15, 0.2) is 6.61 Å². The van der Waals surface area contributed by atoms with Crippen LogP contribution in [0.4, 0.5) is 0 Å². The van der Waals surface area contributed by atoms with E-state index in [0.29, 0.717) is 11.3 Å². The first kappa shape index (κ1) is 11.7. The van der Waals surface area contributed by atoms with Crippen LogP contribution in [0.5, 0.6) is 5.75 Å². The normalized spacial score (nSPS) is 10.2. The molecule has 0 aromatic heterocycles. The standard InChI is InChI=1S/C10H9NO5/c12-10(13)7-16-9-3-1-2-8(6-9)4-5-11(14)15/h1-6H,7H2,(H,12,13)/b5-4+. The molecule has 0 amide bonds. The van der Waals surface area contributed by atoms with Crippen molar-refractivity contribution in [3.05, 3.63) is 46.1 Å². The maximum atomic E-state index is 10.2. The predicted molar refractivity (Wildman–Crippen MR) is 55.6 cm³/mol. The number of hydrogen-bond acceptors (Lipinski definition) is 4. The highest BCUT2D eigenvalue weighted by Gasteiger charge is 1.99. The highest BCUT2D eigenvalue weighted by atomic mass is 16.6. The molecule has 0 spiro atoms. The Morgan fingerprint density at radius 1 is 1.56 bits per heavy atom. The van der Waals surface area contributed by atoms with Gasteiger partial charge >= 0.3 is 5.97 Å².